The first-order valence-electron chi connectivity index (χ1n) is 7.20. The molecule has 1 aliphatic carbocycles. The van der Waals surface area contributed by atoms with Gasteiger partial charge in [-0.2, -0.15) is 0 Å². The number of hydrogen-bond donors (Lipinski definition) is 2. The van der Waals surface area contributed by atoms with Crippen LogP contribution in [0.25, 0.3) is 0 Å². The Bertz CT molecular complexity index is 625. The first-order chi connectivity index (χ1) is 10.1. The largest absolute Gasteiger partial charge is 0.326 e. The second kappa shape index (κ2) is 6.02. The smallest absolute Gasteiger partial charge is 0.224 e. The summed E-state index contributed by atoms with van der Waals surface area (Å²) in [5.41, 5.74) is 2.60. The van der Waals surface area contributed by atoms with E-state index in [0.717, 1.165) is 35.0 Å². The lowest BCUT2D eigenvalue weighted by atomic mass is 10.0. The Morgan fingerprint density at radius 2 is 2.24 bits per heavy atom. The third-order valence-electron chi connectivity index (χ3n) is 3.92. The van der Waals surface area contributed by atoms with Gasteiger partial charge in [0, 0.05) is 23.0 Å². The van der Waals surface area contributed by atoms with Crippen LogP contribution in [0.4, 0.5) is 11.4 Å². The Kier molecular flexibility index (Phi) is 4.10. The van der Waals surface area contributed by atoms with Gasteiger partial charge in [0.25, 0.3) is 0 Å². The van der Waals surface area contributed by atoms with Crippen molar-refractivity contribution in [2.75, 3.05) is 10.6 Å². The summed E-state index contributed by atoms with van der Waals surface area (Å²) in [6.07, 6.45) is 8.11. The standard InChI is InChI=1S/C16H17BrN2O2/c17-12-8-11-5-6-15(20)18-13(11)9-14(12)19-16(21)7-10-3-1-2-4-10/h1,3,8-10H,2,4-7H2,(H,18,20)(H,19,21). The maximum absolute atomic E-state index is 12.1. The van der Waals surface area contributed by atoms with Crippen LogP contribution in [0.3, 0.4) is 0 Å². The van der Waals surface area contributed by atoms with Gasteiger partial charge in [0.15, 0.2) is 0 Å². The molecule has 0 radical (unpaired) electrons. The number of anilines is 2. The number of hydrogen-bond acceptors (Lipinski definition) is 2. The summed E-state index contributed by atoms with van der Waals surface area (Å²) in [4.78, 5) is 23.6. The highest BCUT2D eigenvalue weighted by Gasteiger charge is 2.19. The van der Waals surface area contributed by atoms with Gasteiger partial charge in [0.1, 0.15) is 0 Å². The number of nitrogens with one attached hydrogen (secondary N) is 2. The number of aryl methyl sites for hydroxylation is 1. The fourth-order valence-corrected chi connectivity index (χ4v) is 3.29. The molecule has 1 unspecified atom stereocenters. The van der Waals surface area contributed by atoms with Crippen molar-refractivity contribution < 1.29 is 9.59 Å². The monoisotopic (exact) mass is 348 g/mol. The summed E-state index contributed by atoms with van der Waals surface area (Å²) in [6.45, 7) is 0. The van der Waals surface area contributed by atoms with E-state index < -0.39 is 0 Å². The quantitative estimate of drug-likeness (QED) is 0.819. The number of fused-ring (bicyclic) bond motifs is 1. The molecule has 2 amide bonds. The van der Waals surface area contributed by atoms with Crippen molar-refractivity contribution in [2.45, 2.75) is 32.1 Å². The van der Waals surface area contributed by atoms with Crippen molar-refractivity contribution >= 4 is 39.1 Å². The molecule has 0 spiro atoms. The molecule has 1 aliphatic heterocycles. The zero-order valence-corrected chi connectivity index (χ0v) is 13.2. The number of benzene rings is 1. The molecule has 1 aromatic carbocycles. The first kappa shape index (κ1) is 14.3. The average Bonchev–Trinajstić information content (AvgIpc) is 2.93. The molecule has 1 heterocycles. The summed E-state index contributed by atoms with van der Waals surface area (Å²) in [5, 5.41) is 5.78. The van der Waals surface area contributed by atoms with Gasteiger partial charge >= 0.3 is 0 Å². The van der Waals surface area contributed by atoms with E-state index in [4.69, 9.17) is 0 Å². The van der Waals surface area contributed by atoms with Gasteiger partial charge in [-0.1, -0.05) is 12.2 Å². The van der Waals surface area contributed by atoms with Gasteiger partial charge < -0.3 is 10.6 Å². The highest BCUT2D eigenvalue weighted by molar-refractivity contribution is 9.10. The molecule has 0 bridgehead atoms. The third kappa shape index (κ3) is 3.35. The van der Waals surface area contributed by atoms with E-state index in [2.05, 4.69) is 38.7 Å². The van der Waals surface area contributed by atoms with Gasteiger partial charge in [-0.05, 0) is 58.8 Å². The van der Waals surface area contributed by atoms with E-state index in [1.54, 1.807) is 0 Å². The van der Waals surface area contributed by atoms with Crippen LogP contribution < -0.4 is 10.6 Å². The predicted molar refractivity (Wildman–Crippen MR) is 86.2 cm³/mol. The molecular weight excluding hydrogens is 332 g/mol. The van der Waals surface area contributed by atoms with E-state index in [1.807, 2.05) is 12.1 Å². The summed E-state index contributed by atoms with van der Waals surface area (Å²) < 4.78 is 0.854. The lowest BCUT2D eigenvalue weighted by Gasteiger charge is -2.19. The molecule has 21 heavy (non-hydrogen) atoms. The fraction of sp³-hybridized carbons (Fsp3) is 0.375. The van der Waals surface area contributed by atoms with Crippen molar-refractivity contribution in [1.29, 1.82) is 0 Å². The summed E-state index contributed by atoms with van der Waals surface area (Å²) in [6, 6.07) is 3.80. The molecule has 2 N–H and O–H groups in total. The predicted octanol–water partition coefficient (Wildman–Crippen LogP) is 3.63. The minimum Gasteiger partial charge on any atom is -0.326 e. The lowest BCUT2D eigenvalue weighted by molar-refractivity contribution is -0.117. The maximum Gasteiger partial charge on any atom is 0.224 e. The van der Waals surface area contributed by atoms with Crippen molar-refractivity contribution in [3.63, 3.8) is 0 Å². The van der Waals surface area contributed by atoms with Crippen LogP contribution in [0.2, 0.25) is 0 Å². The van der Waals surface area contributed by atoms with E-state index >= 15 is 0 Å². The van der Waals surface area contributed by atoms with Crippen molar-refractivity contribution in [1.82, 2.24) is 0 Å². The first-order valence-corrected chi connectivity index (χ1v) is 8.00. The minimum absolute atomic E-state index is 0.00864. The fourth-order valence-electron chi connectivity index (χ4n) is 2.80. The number of allylic oxidation sites excluding steroid dienone is 2. The molecule has 2 aliphatic rings. The van der Waals surface area contributed by atoms with Crippen LogP contribution in [0.15, 0.2) is 28.8 Å². The number of carbonyl (C=O) groups excluding carboxylic acids is 2. The Morgan fingerprint density at radius 3 is 3.00 bits per heavy atom. The van der Waals surface area contributed by atoms with Crippen LogP contribution in [0, 0.1) is 5.92 Å². The minimum atomic E-state index is 0.00864. The number of halogens is 1. The van der Waals surface area contributed by atoms with E-state index in [9.17, 15) is 9.59 Å². The zero-order chi connectivity index (χ0) is 14.8. The summed E-state index contributed by atoms with van der Waals surface area (Å²) in [5.74, 6) is 0.383. The second-order valence-corrected chi connectivity index (χ2v) is 6.41. The molecule has 4 nitrogen and oxygen atoms in total. The number of amides is 2. The van der Waals surface area contributed by atoms with E-state index in [1.165, 1.54) is 0 Å². The van der Waals surface area contributed by atoms with Gasteiger partial charge in [0.05, 0.1) is 5.69 Å². The molecule has 0 saturated carbocycles. The van der Waals surface area contributed by atoms with Gasteiger partial charge in [-0.3, -0.25) is 9.59 Å². The lowest BCUT2D eigenvalue weighted by Crippen LogP contribution is -2.20. The maximum atomic E-state index is 12.1. The van der Waals surface area contributed by atoms with Crippen LogP contribution in [-0.2, 0) is 16.0 Å². The number of carbonyl (C=O) groups is 2. The van der Waals surface area contributed by atoms with Crippen LogP contribution in [-0.4, -0.2) is 11.8 Å². The SMILES string of the molecule is O=C(CC1C=CCC1)Nc1cc2c(cc1Br)CCC(=O)N2. The van der Waals surface area contributed by atoms with E-state index in [-0.39, 0.29) is 11.8 Å². The van der Waals surface area contributed by atoms with Crippen LogP contribution in [0.5, 0.6) is 0 Å². The van der Waals surface area contributed by atoms with Crippen molar-refractivity contribution in [3.8, 4) is 0 Å². The Balaban J connectivity index is 1.72. The molecule has 5 heteroatoms. The third-order valence-corrected chi connectivity index (χ3v) is 4.58. The van der Waals surface area contributed by atoms with Crippen molar-refractivity contribution in [2.24, 2.45) is 5.92 Å². The Hall–Kier alpha value is -1.62. The van der Waals surface area contributed by atoms with E-state index in [0.29, 0.717) is 24.4 Å². The van der Waals surface area contributed by atoms with Gasteiger partial charge in [0.2, 0.25) is 11.8 Å². The highest BCUT2D eigenvalue weighted by atomic mass is 79.9. The molecule has 1 atom stereocenters. The topological polar surface area (TPSA) is 58.2 Å². The van der Waals surface area contributed by atoms with Gasteiger partial charge in [-0.15, -0.1) is 0 Å². The molecule has 110 valence electrons. The number of rotatable bonds is 3. The molecule has 3 rings (SSSR count). The average molecular weight is 349 g/mol. The summed E-state index contributed by atoms with van der Waals surface area (Å²) in [7, 11) is 0. The highest BCUT2D eigenvalue weighted by Crippen LogP contribution is 2.33. The second-order valence-electron chi connectivity index (χ2n) is 5.56. The van der Waals surface area contributed by atoms with Crippen LogP contribution >= 0.6 is 15.9 Å². The van der Waals surface area contributed by atoms with Crippen LogP contribution in [0.1, 0.15) is 31.2 Å². The molecular formula is C16H17BrN2O2. The summed E-state index contributed by atoms with van der Waals surface area (Å²) >= 11 is 3.49. The Morgan fingerprint density at radius 1 is 1.38 bits per heavy atom. The Labute approximate surface area is 132 Å². The molecule has 0 fully saturated rings. The molecule has 1 aromatic rings. The van der Waals surface area contributed by atoms with Crippen molar-refractivity contribution in [3.05, 3.63) is 34.3 Å². The molecule has 0 aromatic heterocycles. The van der Waals surface area contributed by atoms with Gasteiger partial charge in [-0.25, -0.2) is 0 Å². The molecule has 0 saturated heterocycles. The zero-order valence-electron chi connectivity index (χ0n) is 11.6. The normalized spacial score (nSPS) is 20.0.